The number of alkyl carbamates (subject to hydrolysis) is 1. The van der Waals surface area contributed by atoms with Gasteiger partial charge in [-0.25, -0.2) is 13.6 Å². The summed E-state index contributed by atoms with van der Waals surface area (Å²) < 4.78 is 35.6. The molecule has 2 aromatic rings. The van der Waals surface area contributed by atoms with Crippen molar-refractivity contribution in [2.45, 2.75) is 50.9 Å². The number of benzene rings is 2. The first kappa shape index (κ1) is 21.4. The average molecular weight is 466 g/mol. The fourth-order valence-corrected chi connectivity index (χ4v) is 3.81. The number of hydrogen-bond acceptors (Lipinski definition) is 3. The predicted octanol–water partition coefficient (Wildman–Crippen LogP) is 5.69. The molecule has 0 bridgehead atoms. The number of amides is 1. The summed E-state index contributed by atoms with van der Waals surface area (Å²) in [5.74, 6) is -1.22. The van der Waals surface area contributed by atoms with Gasteiger partial charge in [0.15, 0.2) is 5.67 Å². The molecule has 2 atom stereocenters. The maximum Gasteiger partial charge on any atom is 0.408 e. The Balaban J connectivity index is 2.02. The summed E-state index contributed by atoms with van der Waals surface area (Å²) in [6.45, 7) is 5.05. The van der Waals surface area contributed by atoms with Gasteiger partial charge in [0.05, 0.1) is 6.04 Å². The van der Waals surface area contributed by atoms with Gasteiger partial charge in [0.2, 0.25) is 5.78 Å². The molecule has 154 valence electrons. The van der Waals surface area contributed by atoms with Crippen LogP contribution < -0.4 is 5.32 Å². The van der Waals surface area contributed by atoms with Gasteiger partial charge in [-0.2, -0.15) is 0 Å². The summed E-state index contributed by atoms with van der Waals surface area (Å²) in [4.78, 5) is 25.6. The van der Waals surface area contributed by atoms with Crippen molar-refractivity contribution in [3.05, 3.63) is 69.4 Å². The summed E-state index contributed by atoms with van der Waals surface area (Å²) in [6.07, 6.45) is -0.631. The normalized spacial score (nSPS) is 20.0. The van der Waals surface area contributed by atoms with Crippen molar-refractivity contribution in [3.63, 3.8) is 0 Å². The Morgan fingerprint density at radius 3 is 2.48 bits per heavy atom. The average Bonchev–Trinajstić information content (AvgIpc) is 2.63. The molecule has 0 spiro atoms. The summed E-state index contributed by atoms with van der Waals surface area (Å²) in [5.41, 5.74) is -1.89. The van der Waals surface area contributed by atoms with Crippen LogP contribution in [0.2, 0.25) is 0 Å². The van der Waals surface area contributed by atoms with Crippen LogP contribution in [0.15, 0.2) is 46.9 Å². The van der Waals surface area contributed by atoms with Crippen LogP contribution in [-0.4, -0.2) is 23.1 Å². The molecular formula is C22H22BrF2NO3. The van der Waals surface area contributed by atoms with Gasteiger partial charge in [0, 0.05) is 10.0 Å². The van der Waals surface area contributed by atoms with E-state index in [9.17, 15) is 14.0 Å². The van der Waals surface area contributed by atoms with E-state index in [-0.39, 0.29) is 17.5 Å². The standard InChI is InChI=1S/C22H22BrF2NO3/c1-21(2,3)29-20(28)26-18(14-5-8-16(24)9-6-14)22(25)11-10-13-4-7-15(23)12-17(13)19(22)27/h4-9,12,18H,10-11H2,1-3H3,(H,26,28)/t18-,22-/m0/s1. The topological polar surface area (TPSA) is 55.4 Å². The van der Waals surface area contributed by atoms with Gasteiger partial charge in [-0.15, -0.1) is 0 Å². The lowest BCUT2D eigenvalue weighted by molar-refractivity contribution is 0.0323. The molecular weight excluding hydrogens is 444 g/mol. The molecule has 0 heterocycles. The van der Waals surface area contributed by atoms with E-state index in [0.717, 1.165) is 5.56 Å². The highest BCUT2D eigenvalue weighted by molar-refractivity contribution is 9.10. The van der Waals surface area contributed by atoms with E-state index in [4.69, 9.17) is 4.74 Å². The molecule has 1 aliphatic carbocycles. The highest BCUT2D eigenvalue weighted by Crippen LogP contribution is 2.41. The summed E-state index contributed by atoms with van der Waals surface area (Å²) in [5, 5.41) is 2.50. The summed E-state index contributed by atoms with van der Waals surface area (Å²) >= 11 is 3.31. The number of nitrogens with one attached hydrogen (secondary N) is 1. The Labute approximate surface area is 176 Å². The molecule has 0 saturated carbocycles. The Bertz CT molecular complexity index is 940. The van der Waals surface area contributed by atoms with Gasteiger partial charge >= 0.3 is 6.09 Å². The van der Waals surface area contributed by atoms with Crippen molar-refractivity contribution >= 4 is 27.8 Å². The van der Waals surface area contributed by atoms with E-state index in [2.05, 4.69) is 21.2 Å². The van der Waals surface area contributed by atoms with Crippen LogP contribution in [0.25, 0.3) is 0 Å². The molecule has 0 radical (unpaired) electrons. The van der Waals surface area contributed by atoms with E-state index < -0.39 is 35.0 Å². The van der Waals surface area contributed by atoms with Crippen molar-refractivity contribution in [2.75, 3.05) is 0 Å². The number of fused-ring (bicyclic) bond motifs is 1. The Morgan fingerprint density at radius 2 is 1.86 bits per heavy atom. The molecule has 2 aromatic carbocycles. The Morgan fingerprint density at radius 1 is 1.21 bits per heavy atom. The maximum absolute atomic E-state index is 16.3. The van der Waals surface area contributed by atoms with Crippen LogP contribution in [0.5, 0.6) is 0 Å². The molecule has 0 saturated heterocycles. The number of ketones is 1. The smallest absolute Gasteiger partial charge is 0.408 e. The SMILES string of the molecule is CC(C)(C)OC(=O)N[C@@H](c1ccc(F)cc1)[C@@]1(F)CCc2ccc(Br)cc2C1=O. The lowest BCUT2D eigenvalue weighted by Gasteiger charge is -2.37. The third-order valence-electron chi connectivity index (χ3n) is 4.77. The van der Waals surface area contributed by atoms with Crippen LogP contribution in [0.3, 0.4) is 0 Å². The van der Waals surface area contributed by atoms with Gasteiger partial charge in [0.1, 0.15) is 11.4 Å². The second-order valence-corrected chi connectivity index (χ2v) is 9.04. The number of hydrogen-bond donors (Lipinski definition) is 1. The molecule has 1 aliphatic rings. The highest BCUT2D eigenvalue weighted by atomic mass is 79.9. The molecule has 0 fully saturated rings. The molecule has 3 rings (SSSR count). The predicted molar refractivity (Wildman–Crippen MR) is 109 cm³/mol. The Hall–Kier alpha value is -2.28. The number of rotatable bonds is 3. The minimum atomic E-state index is -2.40. The Kier molecular flexibility index (Phi) is 5.81. The quantitative estimate of drug-likeness (QED) is 0.633. The minimum absolute atomic E-state index is 0.113. The third-order valence-corrected chi connectivity index (χ3v) is 5.27. The minimum Gasteiger partial charge on any atom is -0.444 e. The van der Waals surface area contributed by atoms with Crippen molar-refractivity contribution in [1.29, 1.82) is 0 Å². The molecule has 1 amide bonds. The van der Waals surface area contributed by atoms with Crippen molar-refractivity contribution in [2.24, 2.45) is 0 Å². The van der Waals surface area contributed by atoms with E-state index in [1.165, 1.54) is 24.3 Å². The number of alkyl halides is 1. The lowest BCUT2D eigenvalue weighted by Crippen LogP contribution is -2.51. The summed E-state index contributed by atoms with van der Waals surface area (Å²) in [6, 6.07) is 8.91. The van der Waals surface area contributed by atoms with Crippen LogP contribution in [0, 0.1) is 5.82 Å². The van der Waals surface area contributed by atoms with Gasteiger partial charge in [-0.1, -0.05) is 34.1 Å². The number of aryl methyl sites for hydroxylation is 1. The van der Waals surface area contributed by atoms with Crippen LogP contribution in [0.4, 0.5) is 13.6 Å². The number of carbonyl (C=O) groups is 2. The largest absolute Gasteiger partial charge is 0.444 e. The zero-order valence-corrected chi connectivity index (χ0v) is 18.0. The van der Waals surface area contributed by atoms with Crippen molar-refractivity contribution in [3.8, 4) is 0 Å². The van der Waals surface area contributed by atoms with Gasteiger partial charge in [0.25, 0.3) is 0 Å². The van der Waals surface area contributed by atoms with Gasteiger partial charge in [-0.3, -0.25) is 4.79 Å². The van der Waals surface area contributed by atoms with Crippen molar-refractivity contribution < 1.29 is 23.1 Å². The van der Waals surface area contributed by atoms with E-state index in [1.807, 2.05) is 0 Å². The zero-order chi connectivity index (χ0) is 21.4. The molecule has 7 heteroatoms. The first-order chi connectivity index (χ1) is 13.5. The fourth-order valence-electron chi connectivity index (χ4n) is 3.45. The van der Waals surface area contributed by atoms with Crippen LogP contribution >= 0.6 is 15.9 Å². The number of ether oxygens (including phenoxy) is 1. The maximum atomic E-state index is 16.3. The first-order valence-electron chi connectivity index (χ1n) is 9.27. The third kappa shape index (κ3) is 4.66. The number of Topliss-reactive ketones (excluding diaryl/α,β-unsaturated/α-hetero) is 1. The van der Waals surface area contributed by atoms with E-state index in [1.54, 1.807) is 39.0 Å². The molecule has 0 aromatic heterocycles. The highest BCUT2D eigenvalue weighted by Gasteiger charge is 2.51. The second kappa shape index (κ2) is 7.86. The molecule has 0 aliphatic heterocycles. The van der Waals surface area contributed by atoms with E-state index in [0.29, 0.717) is 10.9 Å². The van der Waals surface area contributed by atoms with Crippen molar-refractivity contribution in [1.82, 2.24) is 5.32 Å². The zero-order valence-electron chi connectivity index (χ0n) is 16.4. The molecule has 1 N–H and O–H groups in total. The molecule has 0 unspecified atom stereocenters. The van der Waals surface area contributed by atoms with Gasteiger partial charge in [-0.05, 0) is 69.0 Å². The van der Waals surface area contributed by atoms with Gasteiger partial charge < -0.3 is 10.1 Å². The van der Waals surface area contributed by atoms with Crippen LogP contribution in [0.1, 0.15) is 54.7 Å². The molecule has 4 nitrogen and oxygen atoms in total. The number of halogens is 3. The fraction of sp³-hybridized carbons (Fsp3) is 0.364. The van der Waals surface area contributed by atoms with E-state index >= 15 is 4.39 Å². The number of carbonyl (C=O) groups excluding carboxylic acids is 2. The molecule has 29 heavy (non-hydrogen) atoms. The lowest BCUT2D eigenvalue weighted by atomic mass is 9.74. The monoisotopic (exact) mass is 465 g/mol. The second-order valence-electron chi connectivity index (χ2n) is 8.12. The van der Waals surface area contributed by atoms with Crippen LogP contribution in [-0.2, 0) is 11.2 Å². The first-order valence-corrected chi connectivity index (χ1v) is 10.1. The summed E-state index contributed by atoms with van der Waals surface area (Å²) in [7, 11) is 0.